The van der Waals surface area contributed by atoms with Gasteiger partial charge < -0.3 is 19.5 Å². The van der Waals surface area contributed by atoms with E-state index in [1.807, 2.05) is 13.8 Å². The van der Waals surface area contributed by atoms with Gasteiger partial charge in [-0.3, -0.25) is 14.5 Å². The Bertz CT molecular complexity index is 646. The molecule has 1 heterocycles. The smallest absolute Gasteiger partial charge is 0.387 e. The fraction of sp³-hybridized carbons (Fsp3) is 0.579. The molecule has 1 fully saturated rings. The number of halogens is 2. The van der Waals surface area contributed by atoms with E-state index in [1.165, 1.54) is 24.3 Å². The molecule has 0 unspecified atom stereocenters. The molecule has 156 valence electrons. The summed E-state index contributed by atoms with van der Waals surface area (Å²) in [6.07, 6.45) is -0.0679. The van der Waals surface area contributed by atoms with E-state index >= 15 is 0 Å². The summed E-state index contributed by atoms with van der Waals surface area (Å²) in [7, 11) is 0. The maximum absolute atomic E-state index is 12.1. The van der Waals surface area contributed by atoms with E-state index in [-0.39, 0.29) is 30.2 Å². The number of hydrogen-bond donors (Lipinski definition) is 1. The van der Waals surface area contributed by atoms with Crippen LogP contribution < -0.4 is 10.1 Å². The van der Waals surface area contributed by atoms with Gasteiger partial charge in [0.25, 0.3) is 5.91 Å². The number of carbonyl (C=O) groups is 2. The van der Waals surface area contributed by atoms with Gasteiger partial charge in [-0.05, 0) is 31.5 Å². The number of amides is 1. The molecule has 1 amide bonds. The minimum absolute atomic E-state index is 0.00868. The molecule has 1 aromatic carbocycles. The highest BCUT2D eigenvalue weighted by Crippen LogP contribution is 2.16. The van der Waals surface area contributed by atoms with E-state index < -0.39 is 12.6 Å². The average Bonchev–Trinajstić information content (AvgIpc) is 2.67. The van der Waals surface area contributed by atoms with Crippen molar-refractivity contribution in [3.8, 4) is 5.75 Å². The van der Waals surface area contributed by atoms with Crippen molar-refractivity contribution in [3.63, 3.8) is 0 Å². The normalized spacial score (nSPS) is 15.3. The third-order valence-corrected chi connectivity index (χ3v) is 4.45. The van der Waals surface area contributed by atoms with Crippen molar-refractivity contribution in [2.24, 2.45) is 0 Å². The monoisotopic (exact) mass is 400 g/mol. The van der Waals surface area contributed by atoms with Gasteiger partial charge in [-0.2, -0.15) is 8.78 Å². The van der Waals surface area contributed by atoms with Crippen LogP contribution in [0.1, 0.15) is 19.4 Å². The summed E-state index contributed by atoms with van der Waals surface area (Å²) in [6, 6.07) is 5.66. The van der Waals surface area contributed by atoms with Crippen LogP contribution in [0.15, 0.2) is 24.3 Å². The third kappa shape index (κ3) is 7.40. The maximum Gasteiger partial charge on any atom is 0.387 e. The Kier molecular flexibility index (Phi) is 8.13. The van der Waals surface area contributed by atoms with Gasteiger partial charge in [0, 0.05) is 25.2 Å². The molecule has 1 aromatic rings. The fourth-order valence-corrected chi connectivity index (χ4v) is 2.80. The quantitative estimate of drug-likeness (QED) is 0.635. The topological polar surface area (TPSA) is 77.1 Å². The highest BCUT2D eigenvalue weighted by atomic mass is 19.3. The Balaban J connectivity index is 1.69. The van der Waals surface area contributed by atoms with E-state index in [0.717, 1.165) is 13.1 Å². The zero-order valence-electron chi connectivity index (χ0n) is 16.1. The number of ether oxygens (including phenoxy) is 3. The molecule has 0 saturated carbocycles. The van der Waals surface area contributed by atoms with Gasteiger partial charge in [0.05, 0.1) is 19.6 Å². The summed E-state index contributed by atoms with van der Waals surface area (Å²) in [5.74, 6) is -0.949. The first kappa shape index (κ1) is 22.0. The van der Waals surface area contributed by atoms with E-state index in [9.17, 15) is 18.4 Å². The molecule has 1 saturated heterocycles. The van der Waals surface area contributed by atoms with Gasteiger partial charge in [-0.15, -0.1) is 0 Å². The molecular weight excluding hydrogens is 374 g/mol. The van der Waals surface area contributed by atoms with Gasteiger partial charge in [0.15, 0.2) is 6.61 Å². The van der Waals surface area contributed by atoms with Crippen LogP contribution in [0.5, 0.6) is 5.75 Å². The second kappa shape index (κ2) is 10.3. The minimum atomic E-state index is -2.90. The van der Waals surface area contributed by atoms with E-state index in [2.05, 4.69) is 15.0 Å². The molecule has 7 nitrogen and oxygen atoms in total. The van der Waals surface area contributed by atoms with Crippen LogP contribution in [0.3, 0.4) is 0 Å². The van der Waals surface area contributed by atoms with Crippen LogP contribution >= 0.6 is 0 Å². The zero-order chi connectivity index (χ0) is 20.6. The van der Waals surface area contributed by atoms with Gasteiger partial charge in [-0.25, -0.2) is 0 Å². The summed E-state index contributed by atoms with van der Waals surface area (Å²) in [6.45, 7) is 4.17. The fourth-order valence-electron chi connectivity index (χ4n) is 2.80. The zero-order valence-corrected chi connectivity index (χ0v) is 16.1. The van der Waals surface area contributed by atoms with E-state index in [4.69, 9.17) is 9.47 Å². The van der Waals surface area contributed by atoms with Crippen LogP contribution in [0.2, 0.25) is 0 Å². The van der Waals surface area contributed by atoms with Crippen LogP contribution in [-0.4, -0.2) is 68.4 Å². The molecule has 1 aliphatic heterocycles. The molecule has 0 atom stereocenters. The Morgan fingerprint density at radius 1 is 1.21 bits per heavy atom. The third-order valence-electron chi connectivity index (χ3n) is 4.45. The first-order chi connectivity index (χ1) is 13.3. The molecular formula is C19H26F2N2O5. The van der Waals surface area contributed by atoms with Crippen LogP contribution in [-0.2, 0) is 25.5 Å². The number of hydrogen-bond acceptors (Lipinski definition) is 6. The lowest BCUT2D eigenvalue weighted by Crippen LogP contribution is -2.55. The summed E-state index contributed by atoms with van der Waals surface area (Å²) < 4.78 is 38.8. The van der Waals surface area contributed by atoms with Crippen LogP contribution in [0, 0.1) is 0 Å². The minimum Gasteiger partial charge on any atom is -0.455 e. The number of nitrogens with one attached hydrogen (secondary N) is 1. The lowest BCUT2D eigenvalue weighted by atomic mass is 10.0. The Morgan fingerprint density at radius 2 is 1.86 bits per heavy atom. The predicted molar refractivity (Wildman–Crippen MR) is 97.2 cm³/mol. The second-order valence-electron chi connectivity index (χ2n) is 7.05. The summed E-state index contributed by atoms with van der Waals surface area (Å²) in [5.41, 5.74) is 0.339. The molecule has 2 rings (SSSR count). The van der Waals surface area contributed by atoms with Crippen molar-refractivity contribution in [1.29, 1.82) is 0 Å². The molecule has 0 radical (unpaired) electrons. The molecule has 1 N–H and O–H groups in total. The summed E-state index contributed by atoms with van der Waals surface area (Å²) in [4.78, 5) is 26.1. The van der Waals surface area contributed by atoms with Crippen LogP contribution in [0.4, 0.5) is 8.78 Å². The molecule has 9 heteroatoms. The van der Waals surface area contributed by atoms with Gasteiger partial charge in [0.1, 0.15) is 5.75 Å². The lowest BCUT2D eigenvalue weighted by molar-refractivity contribution is -0.148. The van der Waals surface area contributed by atoms with Crippen molar-refractivity contribution in [2.75, 3.05) is 39.5 Å². The number of morpholine rings is 1. The van der Waals surface area contributed by atoms with E-state index in [1.54, 1.807) is 0 Å². The molecule has 0 aromatic heterocycles. The highest BCUT2D eigenvalue weighted by molar-refractivity contribution is 5.81. The largest absolute Gasteiger partial charge is 0.455 e. The highest BCUT2D eigenvalue weighted by Gasteiger charge is 2.28. The SMILES string of the molecule is CC(C)(CNC(=O)COC(=O)Cc1ccc(OC(F)F)cc1)N1CCOCC1. The molecule has 0 aliphatic carbocycles. The van der Waals surface area contributed by atoms with Crippen LogP contribution in [0.25, 0.3) is 0 Å². The Morgan fingerprint density at radius 3 is 2.46 bits per heavy atom. The molecule has 28 heavy (non-hydrogen) atoms. The first-order valence-corrected chi connectivity index (χ1v) is 9.05. The molecule has 1 aliphatic rings. The number of alkyl halides is 2. The summed E-state index contributed by atoms with van der Waals surface area (Å²) >= 11 is 0. The maximum atomic E-state index is 12.1. The van der Waals surface area contributed by atoms with Crippen molar-refractivity contribution < 1.29 is 32.6 Å². The summed E-state index contributed by atoms with van der Waals surface area (Å²) in [5, 5.41) is 2.78. The second-order valence-corrected chi connectivity index (χ2v) is 7.05. The predicted octanol–water partition coefficient (Wildman–Crippen LogP) is 1.60. The number of benzene rings is 1. The van der Waals surface area contributed by atoms with Gasteiger partial charge >= 0.3 is 12.6 Å². The van der Waals surface area contributed by atoms with Crippen molar-refractivity contribution in [1.82, 2.24) is 10.2 Å². The van der Waals surface area contributed by atoms with Crippen molar-refractivity contribution in [3.05, 3.63) is 29.8 Å². The number of rotatable bonds is 9. The number of carbonyl (C=O) groups excluding carboxylic acids is 2. The van der Waals surface area contributed by atoms with Crippen molar-refractivity contribution in [2.45, 2.75) is 32.4 Å². The molecule has 0 bridgehead atoms. The van der Waals surface area contributed by atoms with Gasteiger partial charge in [-0.1, -0.05) is 12.1 Å². The van der Waals surface area contributed by atoms with Gasteiger partial charge in [0.2, 0.25) is 0 Å². The Labute approximate surface area is 162 Å². The lowest BCUT2D eigenvalue weighted by Gasteiger charge is -2.40. The standard InChI is InChI=1S/C19H26F2N2O5/c1-19(2,23-7-9-26-10-8-23)13-22-16(24)12-27-17(25)11-14-3-5-15(6-4-14)28-18(20)21/h3-6,18H,7-13H2,1-2H3,(H,22,24). The Hall–Kier alpha value is -2.26. The van der Waals surface area contributed by atoms with Crippen molar-refractivity contribution >= 4 is 11.9 Å². The number of nitrogens with zero attached hydrogens (tertiary/aromatic N) is 1. The molecule has 0 spiro atoms. The first-order valence-electron chi connectivity index (χ1n) is 9.05. The number of esters is 1. The van der Waals surface area contributed by atoms with E-state index in [0.29, 0.717) is 25.3 Å². The average molecular weight is 400 g/mol.